The second kappa shape index (κ2) is 6.38. The first kappa shape index (κ1) is 13.6. The maximum absolute atomic E-state index is 11.3. The monoisotopic (exact) mass is 318 g/mol. The molecule has 0 bridgehead atoms. The minimum atomic E-state index is -0.422. The summed E-state index contributed by atoms with van der Waals surface area (Å²) in [6.45, 7) is 0.751. The molecule has 0 atom stereocenters. The number of carbonyl (C=O) groups excluding carboxylic acids is 1. The Labute approximate surface area is 121 Å². The molecule has 0 unspecified atom stereocenters. The molecule has 3 N–H and O–H groups in total. The number of benzene rings is 2. The van der Waals surface area contributed by atoms with E-state index in [0.717, 1.165) is 23.1 Å². The molecule has 3 nitrogen and oxygen atoms in total. The minimum absolute atomic E-state index is 0.422. The minimum Gasteiger partial charge on any atom is -0.384 e. The highest BCUT2D eigenvalue weighted by Gasteiger charge is 2.07. The second-order valence-corrected chi connectivity index (χ2v) is 5.13. The van der Waals surface area contributed by atoms with Crippen LogP contribution in [0, 0.1) is 0 Å². The Morgan fingerprint density at radius 2 is 1.89 bits per heavy atom. The van der Waals surface area contributed by atoms with Gasteiger partial charge in [0.2, 0.25) is 0 Å². The Kier molecular flexibility index (Phi) is 4.58. The Balaban J connectivity index is 2.03. The van der Waals surface area contributed by atoms with Gasteiger partial charge in [0.15, 0.2) is 0 Å². The van der Waals surface area contributed by atoms with Crippen LogP contribution in [0.4, 0.5) is 5.69 Å². The molecule has 0 saturated heterocycles. The quantitative estimate of drug-likeness (QED) is 0.889. The summed E-state index contributed by atoms with van der Waals surface area (Å²) >= 11 is 3.39. The van der Waals surface area contributed by atoms with E-state index < -0.39 is 5.91 Å². The van der Waals surface area contributed by atoms with E-state index in [-0.39, 0.29) is 0 Å². The number of halogens is 1. The first-order valence-corrected chi connectivity index (χ1v) is 6.83. The van der Waals surface area contributed by atoms with Crippen molar-refractivity contribution in [2.24, 2.45) is 5.73 Å². The third-order valence-electron chi connectivity index (χ3n) is 2.82. The number of carbonyl (C=O) groups is 1. The van der Waals surface area contributed by atoms with Gasteiger partial charge in [-0.1, -0.05) is 46.3 Å². The number of hydrogen-bond acceptors (Lipinski definition) is 2. The summed E-state index contributed by atoms with van der Waals surface area (Å²) < 4.78 is 0.916. The van der Waals surface area contributed by atoms with E-state index in [0.29, 0.717) is 5.56 Å². The molecule has 2 rings (SSSR count). The van der Waals surface area contributed by atoms with Gasteiger partial charge in [-0.05, 0) is 30.2 Å². The van der Waals surface area contributed by atoms with Crippen molar-refractivity contribution in [1.82, 2.24) is 0 Å². The average Bonchev–Trinajstić information content (AvgIpc) is 2.39. The van der Waals surface area contributed by atoms with Crippen LogP contribution in [0.15, 0.2) is 53.0 Å². The van der Waals surface area contributed by atoms with Crippen LogP contribution in [0.2, 0.25) is 0 Å². The lowest BCUT2D eigenvalue weighted by Crippen LogP contribution is -2.15. The molecule has 0 heterocycles. The van der Waals surface area contributed by atoms with Gasteiger partial charge < -0.3 is 11.1 Å². The molecular weight excluding hydrogens is 304 g/mol. The van der Waals surface area contributed by atoms with Crippen molar-refractivity contribution in [3.05, 3.63) is 64.1 Å². The summed E-state index contributed by atoms with van der Waals surface area (Å²) in [5.74, 6) is -0.422. The smallest absolute Gasteiger partial charge is 0.250 e. The predicted octanol–water partition coefficient (Wildman–Crippen LogP) is 3.20. The summed E-state index contributed by atoms with van der Waals surface area (Å²) in [5.41, 5.74) is 7.88. The standard InChI is InChI=1S/C15H15BrN2O/c16-12-6-7-13(15(17)19)14(10-12)18-9-8-11-4-2-1-3-5-11/h1-7,10,18H,8-9H2,(H2,17,19). The third kappa shape index (κ3) is 3.83. The third-order valence-corrected chi connectivity index (χ3v) is 3.31. The van der Waals surface area contributed by atoms with E-state index in [1.54, 1.807) is 6.07 Å². The highest BCUT2D eigenvalue weighted by molar-refractivity contribution is 9.10. The van der Waals surface area contributed by atoms with Crippen LogP contribution in [0.3, 0.4) is 0 Å². The number of rotatable bonds is 5. The molecule has 0 spiro atoms. The zero-order valence-electron chi connectivity index (χ0n) is 10.4. The highest BCUT2D eigenvalue weighted by atomic mass is 79.9. The normalized spacial score (nSPS) is 10.2. The topological polar surface area (TPSA) is 55.1 Å². The summed E-state index contributed by atoms with van der Waals surface area (Å²) in [6, 6.07) is 15.6. The van der Waals surface area contributed by atoms with Crippen LogP contribution in [-0.4, -0.2) is 12.5 Å². The summed E-state index contributed by atoms with van der Waals surface area (Å²) in [7, 11) is 0. The first-order valence-electron chi connectivity index (χ1n) is 6.04. The zero-order valence-corrected chi connectivity index (χ0v) is 12.0. The Morgan fingerprint density at radius 1 is 1.16 bits per heavy atom. The molecule has 0 aliphatic carbocycles. The van der Waals surface area contributed by atoms with E-state index in [4.69, 9.17) is 5.73 Å². The van der Waals surface area contributed by atoms with Crippen molar-refractivity contribution in [2.75, 3.05) is 11.9 Å². The van der Waals surface area contributed by atoms with Gasteiger partial charge in [-0.2, -0.15) is 0 Å². The van der Waals surface area contributed by atoms with Gasteiger partial charge in [0, 0.05) is 16.7 Å². The molecule has 0 aliphatic rings. The molecule has 0 aliphatic heterocycles. The maximum atomic E-state index is 11.3. The first-order chi connectivity index (χ1) is 9.16. The largest absolute Gasteiger partial charge is 0.384 e. The van der Waals surface area contributed by atoms with E-state index in [9.17, 15) is 4.79 Å². The van der Waals surface area contributed by atoms with Crippen LogP contribution in [0.25, 0.3) is 0 Å². The van der Waals surface area contributed by atoms with Crippen molar-refractivity contribution >= 4 is 27.5 Å². The SMILES string of the molecule is NC(=O)c1ccc(Br)cc1NCCc1ccccc1. The number of primary amides is 1. The fourth-order valence-electron chi connectivity index (χ4n) is 1.86. The molecule has 0 radical (unpaired) electrons. The fraction of sp³-hybridized carbons (Fsp3) is 0.133. The van der Waals surface area contributed by atoms with Crippen molar-refractivity contribution in [3.8, 4) is 0 Å². The Morgan fingerprint density at radius 3 is 2.58 bits per heavy atom. The van der Waals surface area contributed by atoms with Crippen molar-refractivity contribution in [1.29, 1.82) is 0 Å². The number of amides is 1. The van der Waals surface area contributed by atoms with Gasteiger partial charge in [-0.3, -0.25) is 4.79 Å². The molecule has 98 valence electrons. The van der Waals surface area contributed by atoms with Crippen LogP contribution < -0.4 is 11.1 Å². The van der Waals surface area contributed by atoms with E-state index in [1.165, 1.54) is 5.56 Å². The van der Waals surface area contributed by atoms with Crippen LogP contribution in [0.5, 0.6) is 0 Å². The fourth-order valence-corrected chi connectivity index (χ4v) is 2.22. The van der Waals surface area contributed by atoms with Crippen molar-refractivity contribution < 1.29 is 4.79 Å². The average molecular weight is 319 g/mol. The number of hydrogen-bond donors (Lipinski definition) is 2. The maximum Gasteiger partial charge on any atom is 0.250 e. The predicted molar refractivity (Wildman–Crippen MR) is 81.3 cm³/mol. The Hall–Kier alpha value is -1.81. The summed E-state index contributed by atoms with van der Waals surface area (Å²) in [5, 5.41) is 3.25. The van der Waals surface area contributed by atoms with Gasteiger partial charge in [0.25, 0.3) is 5.91 Å². The van der Waals surface area contributed by atoms with Crippen LogP contribution >= 0.6 is 15.9 Å². The molecule has 0 fully saturated rings. The lowest BCUT2D eigenvalue weighted by Gasteiger charge is -2.10. The van der Waals surface area contributed by atoms with Gasteiger partial charge in [0.05, 0.1) is 5.56 Å². The molecule has 19 heavy (non-hydrogen) atoms. The molecule has 0 saturated carbocycles. The van der Waals surface area contributed by atoms with Crippen LogP contribution in [0.1, 0.15) is 15.9 Å². The summed E-state index contributed by atoms with van der Waals surface area (Å²) in [6.07, 6.45) is 0.894. The number of nitrogens with two attached hydrogens (primary N) is 1. The lowest BCUT2D eigenvalue weighted by atomic mass is 10.1. The molecule has 0 aromatic heterocycles. The number of nitrogens with one attached hydrogen (secondary N) is 1. The zero-order chi connectivity index (χ0) is 13.7. The van der Waals surface area contributed by atoms with E-state index in [2.05, 4.69) is 33.4 Å². The second-order valence-electron chi connectivity index (χ2n) is 4.22. The molecule has 1 amide bonds. The Bertz CT molecular complexity index is 570. The molecule has 2 aromatic rings. The van der Waals surface area contributed by atoms with Gasteiger partial charge in [0.1, 0.15) is 0 Å². The van der Waals surface area contributed by atoms with Crippen LogP contribution in [-0.2, 0) is 6.42 Å². The van der Waals surface area contributed by atoms with Gasteiger partial charge >= 0.3 is 0 Å². The molecule has 4 heteroatoms. The van der Waals surface area contributed by atoms with E-state index in [1.807, 2.05) is 30.3 Å². The summed E-state index contributed by atoms with van der Waals surface area (Å²) in [4.78, 5) is 11.3. The van der Waals surface area contributed by atoms with Crippen molar-refractivity contribution in [3.63, 3.8) is 0 Å². The number of anilines is 1. The highest BCUT2D eigenvalue weighted by Crippen LogP contribution is 2.21. The lowest BCUT2D eigenvalue weighted by molar-refractivity contribution is 0.100. The van der Waals surface area contributed by atoms with E-state index >= 15 is 0 Å². The van der Waals surface area contributed by atoms with Crippen molar-refractivity contribution in [2.45, 2.75) is 6.42 Å². The van der Waals surface area contributed by atoms with Gasteiger partial charge in [-0.15, -0.1) is 0 Å². The molecule has 2 aromatic carbocycles. The van der Waals surface area contributed by atoms with Gasteiger partial charge in [-0.25, -0.2) is 0 Å². The molecular formula is C15H15BrN2O.